The number of fused-ring (bicyclic) bond motifs is 1. The lowest BCUT2D eigenvalue weighted by atomic mass is 10.2. The number of H-pyrrole nitrogens is 1. The number of hydrogen-bond donors (Lipinski definition) is 1. The van der Waals surface area contributed by atoms with Crippen molar-refractivity contribution in [2.75, 3.05) is 11.9 Å². The van der Waals surface area contributed by atoms with Crippen LogP contribution in [0.1, 0.15) is 26.3 Å². The highest BCUT2D eigenvalue weighted by molar-refractivity contribution is 7.99. The molecular formula is C25H26N4O4S. The van der Waals surface area contributed by atoms with Crippen LogP contribution in [-0.4, -0.2) is 33.2 Å². The first-order valence-electron chi connectivity index (χ1n) is 10.7. The van der Waals surface area contributed by atoms with Crippen LogP contribution in [0.3, 0.4) is 0 Å². The van der Waals surface area contributed by atoms with Crippen molar-refractivity contribution in [2.45, 2.75) is 42.7 Å². The number of hydrogen-bond acceptors (Lipinski definition) is 5. The molecule has 0 fully saturated rings. The molecular weight excluding hydrogens is 452 g/mol. The standard InChI is InChI=1S/C25H26N4O4S/c1-25(2,3)33-24(30)27(4)19-10-9-17-11-12-28(21(17)13-19)16-18-14-26-15-23(18)34-22-8-6-5-7-20(22)29(31)32/h5-15,26H,16H2,1-4H3. The van der Waals surface area contributed by atoms with Gasteiger partial charge in [0.25, 0.3) is 5.69 Å². The number of aromatic amines is 1. The first-order valence-corrected chi connectivity index (χ1v) is 11.6. The van der Waals surface area contributed by atoms with Crippen molar-refractivity contribution >= 4 is 40.1 Å². The summed E-state index contributed by atoms with van der Waals surface area (Å²) in [4.78, 5) is 29.7. The molecule has 4 aromatic rings. The monoisotopic (exact) mass is 478 g/mol. The van der Waals surface area contributed by atoms with Gasteiger partial charge in [-0.15, -0.1) is 0 Å². The molecule has 0 atom stereocenters. The summed E-state index contributed by atoms with van der Waals surface area (Å²) in [5.74, 6) is 0. The van der Waals surface area contributed by atoms with Gasteiger partial charge < -0.3 is 14.3 Å². The third-order valence-electron chi connectivity index (χ3n) is 5.22. The molecule has 0 unspecified atom stereocenters. The van der Waals surface area contributed by atoms with E-state index in [9.17, 15) is 14.9 Å². The second-order valence-corrected chi connectivity index (χ2v) is 9.98. The molecule has 0 aliphatic heterocycles. The predicted octanol–water partition coefficient (Wildman–Crippen LogP) is 6.45. The Hall–Kier alpha value is -3.72. The first-order chi connectivity index (χ1) is 16.1. The highest BCUT2D eigenvalue weighted by atomic mass is 32.2. The Morgan fingerprint density at radius 2 is 1.91 bits per heavy atom. The minimum Gasteiger partial charge on any atom is -0.443 e. The van der Waals surface area contributed by atoms with E-state index in [0.29, 0.717) is 11.4 Å². The topological polar surface area (TPSA) is 93.4 Å². The fraction of sp³-hybridized carbons (Fsp3) is 0.240. The number of amides is 1. The van der Waals surface area contributed by atoms with Crippen LogP contribution in [0.4, 0.5) is 16.2 Å². The molecule has 1 N–H and O–H groups in total. The van der Waals surface area contributed by atoms with Gasteiger partial charge in [-0.2, -0.15) is 0 Å². The summed E-state index contributed by atoms with van der Waals surface area (Å²) in [6, 6.07) is 14.6. The largest absolute Gasteiger partial charge is 0.443 e. The summed E-state index contributed by atoms with van der Waals surface area (Å²) in [6.45, 7) is 6.08. The van der Waals surface area contributed by atoms with Gasteiger partial charge in [-0.25, -0.2) is 4.79 Å². The van der Waals surface area contributed by atoms with Crippen LogP contribution < -0.4 is 4.90 Å². The van der Waals surface area contributed by atoms with Crippen LogP contribution in [0.25, 0.3) is 10.9 Å². The molecule has 4 rings (SSSR count). The number of ether oxygens (including phenoxy) is 1. The van der Waals surface area contributed by atoms with Crippen molar-refractivity contribution in [3.63, 3.8) is 0 Å². The van der Waals surface area contributed by atoms with Gasteiger partial charge in [0.2, 0.25) is 0 Å². The van der Waals surface area contributed by atoms with E-state index in [1.165, 1.54) is 22.7 Å². The molecule has 34 heavy (non-hydrogen) atoms. The molecule has 0 aliphatic carbocycles. The van der Waals surface area contributed by atoms with E-state index >= 15 is 0 Å². The number of nitrogens with zero attached hydrogens (tertiary/aromatic N) is 3. The van der Waals surface area contributed by atoms with Gasteiger partial charge in [-0.05, 0) is 50.4 Å². The van der Waals surface area contributed by atoms with Gasteiger partial charge in [0, 0.05) is 47.9 Å². The summed E-state index contributed by atoms with van der Waals surface area (Å²) in [7, 11) is 1.69. The smallest absolute Gasteiger partial charge is 0.414 e. The lowest BCUT2D eigenvalue weighted by Crippen LogP contribution is -2.34. The fourth-order valence-electron chi connectivity index (χ4n) is 3.55. The maximum atomic E-state index is 12.5. The number of nitro groups is 1. The molecule has 2 aromatic heterocycles. The average Bonchev–Trinajstić information content (AvgIpc) is 3.39. The molecule has 0 bridgehead atoms. The number of para-hydroxylation sites is 1. The summed E-state index contributed by atoms with van der Waals surface area (Å²) >= 11 is 1.36. The van der Waals surface area contributed by atoms with E-state index in [2.05, 4.69) is 9.55 Å². The van der Waals surface area contributed by atoms with Crippen LogP contribution in [0.15, 0.2) is 76.9 Å². The zero-order valence-electron chi connectivity index (χ0n) is 19.4. The molecule has 2 heterocycles. The molecule has 0 saturated carbocycles. The Balaban J connectivity index is 1.60. The maximum Gasteiger partial charge on any atom is 0.414 e. The second kappa shape index (κ2) is 9.26. The van der Waals surface area contributed by atoms with Crippen LogP contribution >= 0.6 is 11.8 Å². The van der Waals surface area contributed by atoms with E-state index in [0.717, 1.165) is 27.0 Å². The van der Waals surface area contributed by atoms with Gasteiger partial charge in [0.1, 0.15) is 5.60 Å². The molecule has 0 saturated heterocycles. The van der Waals surface area contributed by atoms with Gasteiger partial charge in [-0.1, -0.05) is 30.0 Å². The Labute approximate surface area is 201 Å². The lowest BCUT2D eigenvalue weighted by molar-refractivity contribution is -0.387. The highest BCUT2D eigenvalue weighted by Crippen LogP contribution is 2.37. The fourth-order valence-corrected chi connectivity index (χ4v) is 4.56. The van der Waals surface area contributed by atoms with Gasteiger partial charge >= 0.3 is 6.09 Å². The molecule has 2 aromatic carbocycles. The maximum absolute atomic E-state index is 12.5. The summed E-state index contributed by atoms with van der Waals surface area (Å²) in [5, 5.41) is 12.4. The Morgan fingerprint density at radius 1 is 1.15 bits per heavy atom. The van der Waals surface area contributed by atoms with Crippen LogP contribution in [0, 0.1) is 10.1 Å². The Morgan fingerprint density at radius 3 is 2.65 bits per heavy atom. The van der Waals surface area contributed by atoms with Gasteiger partial charge in [0.15, 0.2) is 0 Å². The molecule has 0 aliphatic rings. The minimum absolute atomic E-state index is 0.0842. The van der Waals surface area contributed by atoms with Crippen LogP contribution in [-0.2, 0) is 11.3 Å². The average molecular weight is 479 g/mol. The second-order valence-electron chi connectivity index (χ2n) is 8.90. The molecule has 0 radical (unpaired) electrons. The minimum atomic E-state index is -0.578. The highest BCUT2D eigenvalue weighted by Gasteiger charge is 2.21. The van der Waals surface area contributed by atoms with E-state index in [1.807, 2.05) is 63.6 Å². The Kier molecular flexibility index (Phi) is 6.39. The van der Waals surface area contributed by atoms with E-state index in [1.54, 1.807) is 25.2 Å². The number of carbonyl (C=O) groups is 1. The number of nitrogens with one attached hydrogen (secondary N) is 1. The predicted molar refractivity (Wildman–Crippen MR) is 134 cm³/mol. The van der Waals surface area contributed by atoms with Crippen LogP contribution in [0.2, 0.25) is 0 Å². The number of carbonyl (C=O) groups excluding carboxylic acids is 1. The number of nitro benzene ring substituents is 1. The summed E-state index contributed by atoms with van der Waals surface area (Å²) < 4.78 is 7.58. The lowest BCUT2D eigenvalue weighted by Gasteiger charge is -2.24. The van der Waals surface area contributed by atoms with Crippen molar-refractivity contribution < 1.29 is 14.5 Å². The number of rotatable bonds is 6. The van der Waals surface area contributed by atoms with Crippen molar-refractivity contribution in [1.82, 2.24) is 9.55 Å². The molecule has 9 heteroatoms. The quantitative estimate of drug-likeness (QED) is 0.254. The first kappa shape index (κ1) is 23.4. The van der Waals surface area contributed by atoms with E-state index in [-0.39, 0.29) is 10.6 Å². The molecule has 8 nitrogen and oxygen atoms in total. The van der Waals surface area contributed by atoms with Crippen molar-refractivity contribution in [1.29, 1.82) is 0 Å². The van der Waals surface area contributed by atoms with Gasteiger partial charge in [0.05, 0.1) is 21.9 Å². The summed E-state index contributed by atoms with van der Waals surface area (Å²) in [6.07, 6.45) is 5.33. The Bertz CT molecular complexity index is 1350. The number of aromatic nitrogens is 2. The third kappa shape index (κ3) is 5.09. The van der Waals surface area contributed by atoms with Gasteiger partial charge in [-0.3, -0.25) is 15.0 Å². The van der Waals surface area contributed by atoms with Crippen molar-refractivity contribution in [3.8, 4) is 0 Å². The molecule has 1 amide bonds. The van der Waals surface area contributed by atoms with E-state index in [4.69, 9.17) is 4.74 Å². The van der Waals surface area contributed by atoms with Crippen molar-refractivity contribution in [3.05, 3.63) is 82.8 Å². The number of benzene rings is 2. The van der Waals surface area contributed by atoms with Crippen molar-refractivity contribution in [2.24, 2.45) is 0 Å². The van der Waals surface area contributed by atoms with Crippen LogP contribution in [0.5, 0.6) is 0 Å². The third-order valence-corrected chi connectivity index (χ3v) is 6.39. The zero-order chi connectivity index (χ0) is 24.5. The normalized spacial score (nSPS) is 11.5. The molecule has 176 valence electrons. The zero-order valence-corrected chi connectivity index (χ0v) is 20.3. The number of anilines is 1. The summed E-state index contributed by atoms with van der Waals surface area (Å²) in [5.41, 5.74) is 2.21. The SMILES string of the molecule is CN(C(=O)OC(C)(C)C)c1ccc2ccn(Cc3c[nH]cc3Sc3ccccc3[N+](=O)[O-])c2c1. The van der Waals surface area contributed by atoms with E-state index < -0.39 is 11.7 Å². The molecule has 0 spiro atoms.